The molecule has 5 aromatic heterocycles. The molecule has 0 aliphatic carbocycles. The molecular weight excluding hydrogens is 316 g/mol. The Labute approximate surface area is 142 Å². The van der Waals surface area contributed by atoms with E-state index in [1.807, 2.05) is 34.9 Å². The van der Waals surface area contributed by atoms with Gasteiger partial charge in [-0.2, -0.15) is 0 Å². The van der Waals surface area contributed by atoms with Gasteiger partial charge in [0.05, 0.1) is 11.6 Å². The third-order valence-corrected chi connectivity index (χ3v) is 4.45. The first-order chi connectivity index (χ1) is 12.2. The summed E-state index contributed by atoms with van der Waals surface area (Å²) in [6.07, 6.45) is 5.07. The van der Waals surface area contributed by atoms with E-state index in [4.69, 9.17) is 4.42 Å². The molecule has 0 N–H and O–H groups in total. The topological polar surface area (TPSA) is 74.0 Å². The fraction of sp³-hybridized carbons (Fsp3) is 0.111. The van der Waals surface area contributed by atoms with Crippen LogP contribution in [0, 0.1) is 13.8 Å². The highest BCUT2D eigenvalue weighted by Crippen LogP contribution is 2.29. The van der Waals surface area contributed by atoms with Crippen molar-refractivity contribution in [3.05, 3.63) is 60.4 Å². The highest BCUT2D eigenvalue weighted by Gasteiger charge is 2.20. The van der Waals surface area contributed by atoms with Gasteiger partial charge in [-0.3, -0.25) is 4.57 Å². The van der Waals surface area contributed by atoms with Crippen LogP contribution in [0.15, 0.2) is 53.5 Å². The first kappa shape index (κ1) is 13.9. The molecule has 0 saturated carbocycles. The molecule has 7 nitrogen and oxygen atoms in total. The summed E-state index contributed by atoms with van der Waals surface area (Å²) in [6, 6.07) is 9.50. The highest BCUT2D eigenvalue weighted by molar-refractivity contribution is 5.95. The number of aromatic nitrogens is 6. The monoisotopic (exact) mass is 330 g/mol. The van der Waals surface area contributed by atoms with Crippen LogP contribution in [0.2, 0.25) is 0 Å². The summed E-state index contributed by atoms with van der Waals surface area (Å²) in [4.78, 5) is 13.8. The summed E-state index contributed by atoms with van der Waals surface area (Å²) in [5, 5.41) is 5.45. The van der Waals surface area contributed by atoms with Gasteiger partial charge in [-0.25, -0.2) is 19.5 Å². The van der Waals surface area contributed by atoms with E-state index in [9.17, 15) is 0 Å². The Morgan fingerprint density at radius 3 is 2.68 bits per heavy atom. The molecule has 0 aliphatic rings. The maximum Gasteiger partial charge on any atom is 0.217 e. The van der Waals surface area contributed by atoms with Crippen LogP contribution in [0.3, 0.4) is 0 Å². The van der Waals surface area contributed by atoms with E-state index in [0.29, 0.717) is 11.6 Å². The fourth-order valence-electron chi connectivity index (χ4n) is 3.14. The third-order valence-electron chi connectivity index (χ3n) is 4.45. The van der Waals surface area contributed by atoms with Crippen LogP contribution < -0.4 is 0 Å². The predicted molar refractivity (Wildman–Crippen MR) is 92.6 cm³/mol. The zero-order valence-electron chi connectivity index (χ0n) is 13.7. The Hall–Kier alpha value is -3.48. The van der Waals surface area contributed by atoms with Gasteiger partial charge in [0.15, 0.2) is 17.1 Å². The average molecular weight is 330 g/mol. The van der Waals surface area contributed by atoms with Gasteiger partial charge in [-0.1, -0.05) is 6.07 Å². The lowest BCUT2D eigenvalue weighted by Crippen LogP contribution is -2.01. The zero-order valence-corrected chi connectivity index (χ0v) is 13.7. The molecule has 0 unspecified atom stereocenters. The minimum Gasteiger partial charge on any atom is -0.461 e. The lowest BCUT2D eigenvalue weighted by atomic mass is 10.2. The second-order valence-corrected chi connectivity index (χ2v) is 5.86. The van der Waals surface area contributed by atoms with Gasteiger partial charge < -0.3 is 4.42 Å². The largest absolute Gasteiger partial charge is 0.461 e. The van der Waals surface area contributed by atoms with E-state index >= 15 is 0 Å². The normalized spacial score (nSPS) is 11.6. The van der Waals surface area contributed by atoms with Crippen molar-refractivity contribution >= 4 is 16.7 Å². The van der Waals surface area contributed by atoms with Gasteiger partial charge in [0.1, 0.15) is 12.1 Å². The van der Waals surface area contributed by atoms with Crippen molar-refractivity contribution in [2.24, 2.45) is 0 Å². The Morgan fingerprint density at radius 1 is 1.00 bits per heavy atom. The van der Waals surface area contributed by atoms with Crippen LogP contribution in [0.5, 0.6) is 0 Å². The quantitative estimate of drug-likeness (QED) is 0.496. The summed E-state index contributed by atoms with van der Waals surface area (Å²) in [7, 11) is 0. The van der Waals surface area contributed by atoms with Crippen LogP contribution in [-0.4, -0.2) is 29.1 Å². The average Bonchev–Trinajstić information content (AvgIpc) is 3.35. The maximum absolute atomic E-state index is 5.42. The first-order valence-electron chi connectivity index (χ1n) is 7.92. The van der Waals surface area contributed by atoms with E-state index in [0.717, 1.165) is 33.8 Å². The molecule has 0 bridgehead atoms. The molecule has 122 valence electrons. The molecule has 0 spiro atoms. The molecule has 5 heterocycles. The molecule has 0 fully saturated rings. The molecular formula is C18H14N6O. The highest BCUT2D eigenvalue weighted by atomic mass is 16.3. The number of rotatable bonds is 2. The third kappa shape index (κ3) is 1.92. The van der Waals surface area contributed by atoms with Crippen molar-refractivity contribution < 1.29 is 4.42 Å². The molecule has 0 radical (unpaired) electrons. The van der Waals surface area contributed by atoms with Gasteiger partial charge in [0, 0.05) is 11.9 Å². The number of hydrogen-bond donors (Lipinski definition) is 0. The summed E-state index contributed by atoms with van der Waals surface area (Å²) in [6.45, 7) is 4.13. The number of furan rings is 1. The van der Waals surface area contributed by atoms with Gasteiger partial charge in [-0.15, -0.1) is 5.10 Å². The Balaban J connectivity index is 1.85. The smallest absolute Gasteiger partial charge is 0.217 e. The second-order valence-electron chi connectivity index (χ2n) is 5.86. The van der Waals surface area contributed by atoms with Crippen molar-refractivity contribution in [1.82, 2.24) is 29.1 Å². The standard InChI is InChI=1S/C18H14N6O/c1-11-12(2)24(14-7-3-4-8-19-14)17-15(11)18-21-16(13-6-5-9-25-13)22-23(18)10-20-17/h3-10H,1-2H3. The number of aryl methyl sites for hydroxylation is 1. The predicted octanol–water partition coefficient (Wildman–Crippen LogP) is 3.34. The van der Waals surface area contributed by atoms with Crippen molar-refractivity contribution in [2.75, 3.05) is 0 Å². The first-order valence-corrected chi connectivity index (χ1v) is 7.92. The van der Waals surface area contributed by atoms with E-state index in [1.54, 1.807) is 23.3 Å². The maximum atomic E-state index is 5.42. The molecule has 5 aromatic rings. The molecule has 0 amide bonds. The lowest BCUT2D eigenvalue weighted by molar-refractivity contribution is 0.577. The van der Waals surface area contributed by atoms with E-state index in [2.05, 4.69) is 33.9 Å². The molecule has 0 aromatic carbocycles. The minimum atomic E-state index is 0.543. The minimum absolute atomic E-state index is 0.543. The zero-order chi connectivity index (χ0) is 17.0. The number of hydrogen-bond acceptors (Lipinski definition) is 5. The van der Waals surface area contributed by atoms with Crippen LogP contribution in [0.4, 0.5) is 0 Å². The summed E-state index contributed by atoms with van der Waals surface area (Å²) in [5.74, 6) is 2.01. The number of fused-ring (bicyclic) bond motifs is 3. The van der Waals surface area contributed by atoms with Crippen LogP contribution in [0.25, 0.3) is 34.1 Å². The molecule has 0 saturated heterocycles. The van der Waals surface area contributed by atoms with Gasteiger partial charge >= 0.3 is 0 Å². The van der Waals surface area contributed by atoms with Crippen molar-refractivity contribution in [1.29, 1.82) is 0 Å². The van der Waals surface area contributed by atoms with E-state index in [1.165, 1.54) is 0 Å². The lowest BCUT2D eigenvalue weighted by Gasteiger charge is -2.05. The Bertz CT molecular complexity index is 1200. The van der Waals surface area contributed by atoms with Crippen molar-refractivity contribution in [3.63, 3.8) is 0 Å². The molecule has 25 heavy (non-hydrogen) atoms. The summed E-state index contributed by atoms with van der Waals surface area (Å²) < 4.78 is 9.15. The molecule has 5 rings (SSSR count). The molecule has 0 atom stereocenters. The van der Waals surface area contributed by atoms with Crippen LogP contribution in [-0.2, 0) is 0 Å². The summed E-state index contributed by atoms with van der Waals surface area (Å²) in [5.41, 5.74) is 3.76. The Kier molecular flexibility index (Phi) is 2.79. The SMILES string of the molecule is Cc1c(C)n(-c2ccccn2)c2ncn3nc(-c4ccco4)nc3c12. The van der Waals surface area contributed by atoms with Gasteiger partial charge in [0.25, 0.3) is 0 Å². The van der Waals surface area contributed by atoms with Crippen LogP contribution in [0.1, 0.15) is 11.3 Å². The second kappa shape index (κ2) is 5.01. The molecule has 7 heteroatoms. The van der Waals surface area contributed by atoms with E-state index < -0.39 is 0 Å². The summed E-state index contributed by atoms with van der Waals surface area (Å²) >= 11 is 0. The van der Waals surface area contributed by atoms with Gasteiger partial charge in [0.2, 0.25) is 5.82 Å². The number of pyridine rings is 1. The van der Waals surface area contributed by atoms with E-state index in [-0.39, 0.29) is 0 Å². The van der Waals surface area contributed by atoms with Crippen molar-refractivity contribution in [3.8, 4) is 17.4 Å². The van der Waals surface area contributed by atoms with Gasteiger partial charge in [-0.05, 0) is 43.7 Å². The Morgan fingerprint density at radius 2 is 1.92 bits per heavy atom. The molecule has 0 aliphatic heterocycles. The van der Waals surface area contributed by atoms with Crippen LogP contribution >= 0.6 is 0 Å². The van der Waals surface area contributed by atoms with Crippen molar-refractivity contribution in [2.45, 2.75) is 13.8 Å². The fourth-order valence-corrected chi connectivity index (χ4v) is 3.14. The number of nitrogens with zero attached hydrogens (tertiary/aromatic N) is 6.